The molecule has 0 spiro atoms. The second kappa shape index (κ2) is 15.6. The Morgan fingerprint density at radius 1 is 1.03 bits per heavy atom. The van der Waals surface area contributed by atoms with Crippen LogP contribution in [0.1, 0.15) is 77.6 Å². The molecule has 160 valence electrons. The normalized spacial score (nSPS) is 13.9. The van der Waals surface area contributed by atoms with Gasteiger partial charge < -0.3 is 10.1 Å². The van der Waals surface area contributed by atoms with Crippen LogP contribution in [0, 0.1) is 0 Å². The second-order valence-electron chi connectivity index (χ2n) is 7.70. The van der Waals surface area contributed by atoms with Gasteiger partial charge in [-0.25, -0.2) is 0 Å². The van der Waals surface area contributed by atoms with E-state index in [1.807, 2.05) is 19.1 Å². The van der Waals surface area contributed by atoms with Crippen LogP contribution >= 0.6 is 0 Å². The van der Waals surface area contributed by atoms with Crippen LogP contribution in [-0.2, 0) is 9.53 Å². The van der Waals surface area contributed by atoms with E-state index in [9.17, 15) is 4.79 Å². The van der Waals surface area contributed by atoms with Crippen LogP contribution in [-0.4, -0.2) is 12.5 Å². The summed E-state index contributed by atoms with van der Waals surface area (Å²) >= 11 is 0. The maximum atomic E-state index is 11.9. The molecular weight excluding hydrogens is 358 g/mol. The van der Waals surface area contributed by atoms with E-state index >= 15 is 0 Å². The first-order valence-corrected chi connectivity index (χ1v) is 11.0. The predicted molar refractivity (Wildman–Crippen MR) is 124 cm³/mol. The third-order valence-corrected chi connectivity index (χ3v) is 4.90. The van der Waals surface area contributed by atoms with Gasteiger partial charge in [0.25, 0.3) is 0 Å². The van der Waals surface area contributed by atoms with E-state index in [1.165, 1.54) is 37.7 Å². The molecule has 0 radical (unpaired) electrons. The molecule has 0 heterocycles. The van der Waals surface area contributed by atoms with Crippen molar-refractivity contribution in [1.29, 1.82) is 0 Å². The van der Waals surface area contributed by atoms with E-state index in [0.29, 0.717) is 6.42 Å². The van der Waals surface area contributed by atoms with Gasteiger partial charge in [0, 0.05) is 18.5 Å². The number of carbonyl (C=O) groups excluding carboxylic acids is 1. The van der Waals surface area contributed by atoms with Gasteiger partial charge in [-0.15, -0.1) is 0 Å². The molecule has 1 aliphatic rings. The van der Waals surface area contributed by atoms with E-state index in [1.54, 1.807) is 6.08 Å². The van der Waals surface area contributed by atoms with Gasteiger partial charge in [0.05, 0.1) is 12.4 Å². The number of amides is 1. The monoisotopic (exact) mass is 397 g/mol. The maximum absolute atomic E-state index is 11.9. The summed E-state index contributed by atoms with van der Waals surface area (Å²) in [5.74, 6) is 1.16. The third-order valence-electron chi connectivity index (χ3n) is 4.90. The van der Waals surface area contributed by atoms with Crippen molar-refractivity contribution < 1.29 is 9.53 Å². The van der Waals surface area contributed by atoms with Crippen molar-refractivity contribution in [2.24, 2.45) is 0 Å². The molecule has 0 bridgehead atoms. The summed E-state index contributed by atoms with van der Waals surface area (Å²) < 4.78 is 5.84. The second-order valence-corrected chi connectivity index (χ2v) is 7.70. The van der Waals surface area contributed by atoms with Gasteiger partial charge in [-0.1, -0.05) is 76.0 Å². The van der Waals surface area contributed by atoms with E-state index in [0.717, 1.165) is 55.7 Å². The minimum absolute atomic E-state index is 0.0571. The Morgan fingerprint density at radius 3 is 2.24 bits per heavy atom. The minimum Gasteiger partial charge on any atom is -0.498 e. The molecule has 0 aromatic heterocycles. The molecule has 1 amide bonds. The first kappa shape index (κ1) is 24.7. The number of rotatable bonds is 16. The maximum Gasteiger partial charge on any atom is 0.224 e. The van der Waals surface area contributed by atoms with E-state index in [4.69, 9.17) is 4.74 Å². The number of ether oxygens (including phenoxy) is 1. The van der Waals surface area contributed by atoms with Crippen LogP contribution < -0.4 is 5.32 Å². The molecule has 1 rings (SSSR count). The number of hydrogen-bond donors (Lipinski definition) is 1. The van der Waals surface area contributed by atoms with Gasteiger partial charge in [-0.05, 0) is 50.0 Å². The molecule has 0 atom stereocenters. The number of nitrogens with one attached hydrogen (secondary N) is 1. The number of allylic oxidation sites excluding steroid dienone is 8. The smallest absolute Gasteiger partial charge is 0.224 e. The van der Waals surface area contributed by atoms with Gasteiger partial charge in [-0.2, -0.15) is 0 Å². The van der Waals surface area contributed by atoms with Crippen LogP contribution in [0.15, 0.2) is 72.7 Å². The van der Waals surface area contributed by atoms with Crippen LogP contribution in [0.3, 0.4) is 0 Å². The summed E-state index contributed by atoms with van der Waals surface area (Å²) in [6, 6.07) is 0. The van der Waals surface area contributed by atoms with Gasteiger partial charge >= 0.3 is 0 Å². The fourth-order valence-corrected chi connectivity index (χ4v) is 3.21. The van der Waals surface area contributed by atoms with Crippen LogP contribution in [0.25, 0.3) is 0 Å². The average Bonchev–Trinajstić information content (AvgIpc) is 2.71. The van der Waals surface area contributed by atoms with Gasteiger partial charge in [-0.3, -0.25) is 4.79 Å². The molecule has 29 heavy (non-hydrogen) atoms. The lowest BCUT2D eigenvalue weighted by Crippen LogP contribution is -2.21. The molecule has 0 unspecified atom stereocenters. The van der Waals surface area contributed by atoms with Crippen LogP contribution in [0.4, 0.5) is 0 Å². The summed E-state index contributed by atoms with van der Waals surface area (Å²) in [5, 5.41) is 2.88. The highest BCUT2D eigenvalue weighted by Gasteiger charge is 2.05. The number of hydrogen-bond acceptors (Lipinski definition) is 2. The quantitative estimate of drug-likeness (QED) is 0.223. The van der Waals surface area contributed by atoms with E-state index in [2.05, 4.69) is 37.2 Å². The van der Waals surface area contributed by atoms with Crippen molar-refractivity contribution >= 4 is 5.91 Å². The molecule has 0 aliphatic heterocycles. The fraction of sp³-hybridized carbons (Fsp3) is 0.500. The molecule has 0 saturated carbocycles. The summed E-state index contributed by atoms with van der Waals surface area (Å²) in [5.41, 5.74) is 2.92. The third kappa shape index (κ3) is 12.7. The number of unbranched alkanes of at least 4 members (excludes halogenated alkanes) is 7. The Balaban J connectivity index is 1.93. The molecule has 0 saturated heterocycles. The topological polar surface area (TPSA) is 38.3 Å². The zero-order valence-electron chi connectivity index (χ0n) is 18.3. The highest BCUT2D eigenvalue weighted by atomic mass is 16.5. The van der Waals surface area contributed by atoms with E-state index in [-0.39, 0.29) is 5.91 Å². The Hall–Kier alpha value is -2.29. The molecular formula is C26H39NO2. The first-order valence-electron chi connectivity index (χ1n) is 11.0. The fourth-order valence-electron chi connectivity index (χ4n) is 3.21. The minimum atomic E-state index is 0.0571. The molecule has 1 N–H and O–H groups in total. The van der Waals surface area contributed by atoms with Crippen molar-refractivity contribution in [3.05, 3.63) is 72.7 Å². The van der Waals surface area contributed by atoms with Crippen molar-refractivity contribution in [3.8, 4) is 0 Å². The lowest BCUT2D eigenvalue weighted by molar-refractivity contribution is -0.120. The zero-order chi connectivity index (χ0) is 21.3. The average molecular weight is 398 g/mol. The number of carbonyl (C=O) groups is 1. The summed E-state index contributed by atoms with van der Waals surface area (Å²) in [6.45, 7) is 14.1. The van der Waals surface area contributed by atoms with Gasteiger partial charge in [0.2, 0.25) is 5.91 Å². The Morgan fingerprint density at radius 2 is 1.69 bits per heavy atom. The Bertz CT molecular complexity index is 637. The largest absolute Gasteiger partial charge is 0.498 e. The highest BCUT2D eigenvalue weighted by Crippen LogP contribution is 2.20. The standard InChI is InChI=1S/C26H39NO2/c1-5-23-16-18-25(19-17-23)29-20-14-12-10-8-7-9-11-13-15-26(28)27-24(6-2)21-22(3)4/h5-6,16,18,21H,1-3,7-15,17,19-20H2,4H3,(H,27,28)/b24-21+. The van der Waals surface area contributed by atoms with Crippen molar-refractivity contribution in [2.45, 2.75) is 77.6 Å². The molecule has 0 fully saturated rings. The predicted octanol–water partition coefficient (Wildman–Crippen LogP) is 7.07. The lowest BCUT2D eigenvalue weighted by atomic mass is 10.0. The van der Waals surface area contributed by atoms with Crippen molar-refractivity contribution in [2.75, 3.05) is 6.61 Å². The molecule has 1 aliphatic carbocycles. The van der Waals surface area contributed by atoms with Crippen LogP contribution in [0.5, 0.6) is 0 Å². The summed E-state index contributed by atoms with van der Waals surface area (Å²) in [6.07, 6.45) is 21.6. The molecule has 3 nitrogen and oxygen atoms in total. The SMILES string of the molecule is C=CC1=CC=C(OCCCCCCCCCCC(=O)N/C(C=C)=C/C(=C)C)CC1. The van der Waals surface area contributed by atoms with E-state index < -0.39 is 0 Å². The Labute approximate surface area is 178 Å². The lowest BCUT2D eigenvalue weighted by Gasteiger charge is -2.14. The van der Waals surface area contributed by atoms with Gasteiger partial charge in [0.15, 0.2) is 0 Å². The molecule has 3 heteroatoms. The van der Waals surface area contributed by atoms with Gasteiger partial charge in [0.1, 0.15) is 0 Å². The summed E-state index contributed by atoms with van der Waals surface area (Å²) in [4.78, 5) is 11.9. The molecule has 0 aromatic carbocycles. The first-order chi connectivity index (χ1) is 14.0. The van der Waals surface area contributed by atoms with Crippen molar-refractivity contribution in [3.63, 3.8) is 0 Å². The molecule has 0 aromatic rings. The van der Waals surface area contributed by atoms with Crippen molar-refractivity contribution in [1.82, 2.24) is 5.32 Å². The zero-order valence-corrected chi connectivity index (χ0v) is 18.3. The highest BCUT2D eigenvalue weighted by molar-refractivity contribution is 5.78. The summed E-state index contributed by atoms with van der Waals surface area (Å²) in [7, 11) is 0. The van der Waals surface area contributed by atoms with Crippen LogP contribution in [0.2, 0.25) is 0 Å². The Kier molecular flexibility index (Phi) is 13.3.